The first kappa shape index (κ1) is 8.90. The van der Waals surface area contributed by atoms with E-state index in [-0.39, 0.29) is 0 Å². The van der Waals surface area contributed by atoms with E-state index in [9.17, 15) is 0 Å². The minimum atomic E-state index is 0.801. The van der Waals surface area contributed by atoms with Crippen molar-refractivity contribution in [3.05, 3.63) is 42.1 Å². The fourth-order valence-electron chi connectivity index (χ4n) is 2.61. The van der Waals surface area contributed by atoms with Crippen molar-refractivity contribution in [3.63, 3.8) is 0 Å². The van der Waals surface area contributed by atoms with Gasteiger partial charge in [0.25, 0.3) is 0 Å². The zero-order valence-corrected chi connectivity index (χ0v) is 8.82. The molecule has 3 rings (SSSR count). The van der Waals surface area contributed by atoms with Gasteiger partial charge in [-0.15, -0.1) is 0 Å². The van der Waals surface area contributed by atoms with Crippen molar-refractivity contribution in [3.8, 4) is 0 Å². The topological polar surface area (TPSA) is 12.9 Å². The standard InChI is InChI=1S/C14H15N/c1-2-5-11(4-1)12-7-8-14-13(10-12)6-3-9-15-14/h3,6-11H,1-2,4-5H2. The molecule has 1 nitrogen and oxygen atoms in total. The normalized spacial score (nSPS) is 17.3. The summed E-state index contributed by atoms with van der Waals surface area (Å²) in [7, 11) is 0. The quantitative estimate of drug-likeness (QED) is 0.675. The Morgan fingerprint density at radius 3 is 2.80 bits per heavy atom. The maximum absolute atomic E-state index is 4.35. The van der Waals surface area contributed by atoms with Gasteiger partial charge in [0.05, 0.1) is 5.52 Å². The van der Waals surface area contributed by atoms with Crippen LogP contribution in [0.25, 0.3) is 10.9 Å². The first-order valence-corrected chi connectivity index (χ1v) is 5.78. The number of pyridine rings is 1. The summed E-state index contributed by atoms with van der Waals surface area (Å²) in [5.74, 6) is 0.801. The molecule has 1 aliphatic carbocycles. The van der Waals surface area contributed by atoms with Gasteiger partial charge in [-0.25, -0.2) is 0 Å². The lowest BCUT2D eigenvalue weighted by molar-refractivity contribution is 0.724. The molecule has 1 aromatic carbocycles. The molecular weight excluding hydrogens is 182 g/mol. The summed E-state index contributed by atoms with van der Waals surface area (Å²) in [5.41, 5.74) is 2.62. The summed E-state index contributed by atoms with van der Waals surface area (Å²) in [6, 6.07) is 10.9. The molecule has 1 fully saturated rings. The summed E-state index contributed by atoms with van der Waals surface area (Å²) >= 11 is 0. The molecule has 0 atom stereocenters. The molecule has 0 N–H and O–H groups in total. The third-order valence-corrected chi connectivity index (χ3v) is 3.45. The molecule has 0 radical (unpaired) electrons. The van der Waals surface area contributed by atoms with Crippen molar-refractivity contribution >= 4 is 10.9 Å². The Hall–Kier alpha value is -1.37. The van der Waals surface area contributed by atoms with Crippen molar-refractivity contribution in [2.75, 3.05) is 0 Å². The number of hydrogen-bond donors (Lipinski definition) is 0. The molecule has 15 heavy (non-hydrogen) atoms. The number of rotatable bonds is 1. The fraction of sp³-hybridized carbons (Fsp3) is 0.357. The molecule has 2 aromatic rings. The number of aromatic nitrogens is 1. The van der Waals surface area contributed by atoms with Crippen LogP contribution in [0.1, 0.15) is 37.2 Å². The third-order valence-electron chi connectivity index (χ3n) is 3.45. The van der Waals surface area contributed by atoms with Crippen LogP contribution in [0, 0.1) is 0 Å². The summed E-state index contributed by atoms with van der Waals surface area (Å²) in [5, 5.41) is 1.28. The summed E-state index contributed by atoms with van der Waals surface area (Å²) in [6.45, 7) is 0. The first-order chi connectivity index (χ1) is 7.43. The lowest BCUT2D eigenvalue weighted by Gasteiger charge is -2.09. The Morgan fingerprint density at radius 2 is 1.93 bits per heavy atom. The van der Waals surface area contributed by atoms with Crippen LogP contribution < -0.4 is 0 Å². The van der Waals surface area contributed by atoms with Crippen molar-refractivity contribution in [1.82, 2.24) is 4.98 Å². The zero-order valence-electron chi connectivity index (χ0n) is 8.82. The van der Waals surface area contributed by atoms with Crippen molar-refractivity contribution in [2.24, 2.45) is 0 Å². The minimum Gasteiger partial charge on any atom is -0.256 e. The molecule has 0 aliphatic heterocycles. The number of fused-ring (bicyclic) bond motifs is 1. The predicted molar refractivity (Wildman–Crippen MR) is 63.0 cm³/mol. The van der Waals surface area contributed by atoms with E-state index >= 15 is 0 Å². The predicted octanol–water partition coefficient (Wildman–Crippen LogP) is 3.89. The second-order valence-electron chi connectivity index (χ2n) is 4.44. The SMILES string of the molecule is c1cnc2ccc(C3CCCC3)cc2c1. The third kappa shape index (κ3) is 1.63. The molecule has 1 aliphatic rings. The average molecular weight is 197 g/mol. The maximum Gasteiger partial charge on any atom is 0.0702 e. The molecule has 0 spiro atoms. The van der Waals surface area contributed by atoms with Crippen LogP contribution in [0.3, 0.4) is 0 Å². The van der Waals surface area contributed by atoms with E-state index in [4.69, 9.17) is 0 Å². The van der Waals surface area contributed by atoms with E-state index in [1.54, 1.807) is 0 Å². The Bertz CT molecular complexity index is 469. The summed E-state index contributed by atoms with van der Waals surface area (Å²) in [4.78, 5) is 4.35. The molecule has 0 amide bonds. The molecule has 1 aromatic heterocycles. The number of hydrogen-bond acceptors (Lipinski definition) is 1. The Labute approximate surface area is 90.2 Å². The number of nitrogens with zero attached hydrogens (tertiary/aromatic N) is 1. The van der Waals surface area contributed by atoms with E-state index in [0.29, 0.717) is 0 Å². The molecule has 0 saturated heterocycles. The van der Waals surface area contributed by atoms with Crippen LogP contribution in [0.4, 0.5) is 0 Å². The highest BCUT2D eigenvalue weighted by Gasteiger charge is 2.16. The zero-order chi connectivity index (χ0) is 10.1. The van der Waals surface area contributed by atoms with Gasteiger partial charge in [0, 0.05) is 11.6 Å². The van der Waals surface area contributed by atoms with Crippen LogP contribution >= 0.6 is 0 Å². The van der Waals surface area contributed by atoms with E-state index in [2.05, 4.69) is 29.2 Å². The van der Waals surface area contributed by atoms with Crippen molar-refractivity contribution in [1.29, 1.82) is 0 Å². The fourth-order valence-corrected chi connectivity index (χ4v) is 2.61. The lowest BCUT2D eigenvalue weighted by atomic mass is 9.96. The molecule has 0 bridgehead atoms. The number of benzene rings is 1. The molecular formula is C14H15N. The Balaban J connectivity index is 2.05. The van der Waals surface area contributed by atoms with Crippen LogP contribution in [-0.4, -0.2) is 4.98 Å². The molecule has 1 heteroatoms. The smallest absolute Gasteiger partial charge is 0.0702 e. The largest absolute Gasteiger partial charge is 0.256 e. The molecule has 1 heterocycles. The highest BCUT2D eigenvalue weighted by atomic mass is 14.6. The highest BCUT2D eigenvalue weighted by Crippen LogP contribution is 2.34. The van der Waals surface area contributed by atoms with Crippen molar-refractivity contribution in [2.45, 2.75) is 31.6 Å². The second kappa shape index (κ2) is 3.65. The van der Waals surface area contributed by atoms with Gasteiger partial charge in [-0.3, -0.25) is 4.98 Å². The van der Waals surface area contributed by atoms with Gasteiger partial charge in [-0.05, 0) is 42.5 Å². The van der Waals surface area contributed by atoms with Gasteiger partial charge in [-0.2, -0.15) is 0 Å². The van der Waals surface area contributed by atoms with Crippen LogP contribution in [0.2, 0.25) is 0 Å². The summed E-state index contributed by atoms with van der Waals surface area (Å²) < 4.78 is 0. The first-order valence-electron chi connectivity index (χ1n) is 5.78. The van der Waals surface area contributed by atoms with Crippen LogP contribution in [0.15, 0.2) is 36.5 Å². The maximum atomic E-state index is 4.35. The lowest BCUT2D eigenvalue weighted by Crippen LogP contribution is -1.91. The second-order valence-corrected chi connectivity index (χ2v) is 4.44. The van der Waals surface area contributed by atoms with Crippen LogP contribution in [0.5, 0.6) is 0 Å². The van der Waals surface area contributed by atoms with Crippen molar-refractivity contribution < 1.29 is 0 Å². The van der Waals surface area contributed by atoms with E-state index in [1.807, 2.05) is 12.3 Å². The van der Waals surface area contributed by atoms with Gasteiger partial charge < -0.3 is 0 Å². The summed E-state index contributed by atoms with van der Waals surface area (Å²) in [6.07, 6.45) is 7.39. The van der Waals surface area contributed by atoms with Gasteiger partial charge in [0.2, 0.25) is 0 Å². The average Bonchev–Trinajstić information content (AvgIpc) is 2.82. The van der Waals surface area contributed by atoms with Gasteiger partial charge in [-0.1, -0.05) is 25.0 Å². The minimum absolute atomic E-state index is 0.801. The van der Waals surface area contributed by atoms with E-state index in [1.165, 1.54) is 36.6 Å². The molecule has 1 saturated carbocycles. The molecule has 76 valence electrons. The Morgan fingerprint density at radius 1 is 1.07 bits per heavy atom. The van der Waals surface area contributed by atoms with E-state index < -0.39 is 0 Å². The Kier molecular flexibility index (Phi) is 2.17. The van der Waals surface area contributed by atoms with Crippen LogP contribution in [-0.2, 0) is 0 Å². The van der Waals surface area contributed by atoms with Gasteiger partial charge >= 0.3 is 0 Å². The van der Waals surface area contributed by atoms with Gasteiger partial charge in [0.15, 0.2) is 0 Å². The van der Waals surface area contributed by atoms with Gasteiger partial charge in [0.1, 0.15) is 0 Å². The highest BCUT2D eigenvalue weighted by molar-refractivity contribution is 5.79. The molecule has 0 unspecified atom stereocenters. The monoisotopic (exact) mass is 197 g/mol. The van der Waals surface area contributed by atoms with E-state index in [0.717, 1.165) is 11.4 Å².